The summed E-state index contributed by atoms with van der Waals surface area (Å²) in [6.45, 7) is 5.04. The van der Waals surface area contributed by atoms with E-state index in [0.717, 1.165) is 16.5 Å². The van der Waals surface area contributed by atoms with E-state index in [2.05, 4.69) is 5.32 Å². The molecule has 2 heterocycles. The summed E-state index contributed by atoms with van der Waals surface area (Å²) in [5, 5.41) is 22.6. The van der Waals surface area contributed by atoms with Gasteiger partial charge in [-0.2, -0.15) is 0 Å². The molecule has 3 aromatic rings. The van der Waals surface area contributed by atoms with Crippen molar-refractivity contribution in [2.75, 3.05) is 45.0 Å². The third kappa shape index (κ3) is 6.89. The predicted molar refractivity (Wildman–Crippen MR) is 149 cm³/mol. The van der Waals surface area contributed by atoms with E-state index in [1.807, 2.05) is 37.4 Å². The van der Waals surface area contributed by atoms with Gasteiger partial charge in [-0.1, -0.05) is 30.3 Å². The lowest BCUT2D eigenvalue weighted by atomic mass is 9.81. The molecule has 0 aliphatic carbocycles. The molecule has 0 saturated carbocycles. The number of aromatic nitrogens is 1. The van der Waals surface area contributed by atoms with Gasteiger partial charge in [0.2, 0.25) is 12.2 Å². The summed E-state index contributed by atoms with van der Waals surface area (Å²) in [7, 11) is 0. The Labute approximate surface area is 233 Å². The van der Waals surface area contributed by atoms with E-state index < -0.39 is 12.2 Å². The lowest BCUT2D eigenvalue weighted by Gasteiger charge is -2.36. The van der Waals surface area contributed by atoms with Gasteiger partial charge in [0.05, 0.1) is 37.6 Å². The highest BCUT2D eigenvalue weighted by molar-refractivity contribution is 6.03. The van der Waals surface area contributed by atoms with Crippen LogP contribution in [0.3, 0.4) is 0 Å². The molecule has 214 valence electrons. The molecule has 0 fully saturated rings. The third-order valence-corrected chi connectivity index (χ3v) is 6.74. The molecule has 1 aliphatic heterocycles. The van der Waals surface area contributed by atoms with Crippen LogP contribution in [0.2, 0.25) is 0 Å². The largest absolute Gasteiger partial charge is 0.506 e. The molecular formula is C30H36N2O8. The van der Waals surface area contributed by atoms with Crippen molar-refractivity contribution in [3.05, 3.63) is 72.1 Å². The number of aliphatic hydroxyl groups is 1. The number of nitrogens with one attached hydrogen (secondary N) is 1. The van der Waals surface area contributed by atoms with E-state index in [1.165, 1.54) is 13.0 Å². The summed E-state index contributed by atoms with van der Waals surface area (Å²) in [5.41, 5.74) is 1.89. The number of hydrogen-bond donors (Lipinski definition) is 3. The maximum absolute atomic E-state index is 13.3. The van der Waals surface area contributed by atoms with Crippen LogP contribution in [0.15, 0.2) is 66.6 Å². The second-order valence-electron chi connectivity index (χ2n) is 9.36. The number of aromatic hydroxyl groups is 1. The molecule has 0 bridgehead atoms. The molecule has 3 atom stereocenters. The van der Waals surface area contributed by atoms with Crippen molar-refractivity contribution < 1.29 is 38.7 Å². The van der Waals surface area contributed by atoms with E-state index in [9.17, 15) is 14.7 Å². The van der Waals surface area contributed by atoms with Crippen LogP contribution in [0.1, 0.15) is 36.5 Å². The SMILES string of the molecule is CCO[C@@H]1OC(C(=O)Nc2ccccc2O)=C[C@H](c2cn(C(C)=O)c3ccccc23)[C@H]1CCOCCOCCO. The van der Waals surface area contributed by atoms with Crippen LogP contribution in [-0.2, 0) is 23.7 Å². The van der Waals surface area contributed by atoms with Crippen molar-refractivity contribution in [2.45, 2.75) is 32.5 Å². The number of amides is 1. The maximum atomic E-state index is 13.3. The number of benzene rings is 2. The number of fused-ring (bicyclic) bond motifs is 1. The first-order valence-electron chi connectivity index (χ1n) is 13.4. The molecule has 40 heavy (non-hydrogen) atoms. The van der Waals surface area contributed by atoms with Crippen molar-refractivity contribution in [1.29, 1.82) is 0 Å². The van der Waals surface area contributed by atoms with Crippen LogP contribution in [-0.4, -0.2) is 72.5 Å². The Bertz CT molecular complexity index is 1330. The summed E-state index contributed by atoms with van der Waals surface area (Å²) in [5.74, 6) is -1.25. The summed E-state index contributed by atoms with van der Waals surface area (Å²) in [4.78, 5) is 25.8. The topological polar surface area (TPSA) is 128 Å². The number of ether oxygens (including phenoxy) is 4. The van der Waals surface area contributed by atoms with E-state index in [0.29, 0.717) is 32.8 Å². The van der Waals surface area contributed by atoms with Crippen molar-refractivity contribution >= 4 is 28.4 Å². The highest BCUT2D eigenvalue weighted by atomic mass is 16.7. The summed E-state index contributed by atoms with van der Waals surface area (Å²) >= 11 is 0. The second kappa shape index (κ2) is 14.1. The van der Waals surface area contributed by atoms with Crippen LogP contribution >= 0.6 is 0 Å². The molecule has 3 N–H and O–H groups in total. The fraction of sp³-hybridized carbons (Fsp3) is 0.400. The number of hydrogen-bond acceptors (Lipinski definition) is 8. The second-order valence-corrected chi connectivity index (χ2v) is 9.36. The quantitative estimate of drug-likeness (QED) is 0.214. The Morgan fingerprint density at radius 3 is 2.48 bits per heavy atom. The summed E-state index contributed by atoms with van der Waals surface area (Å²) in [6, 6.07) is 14.1. The van der Waals surface area contributed by atoms with Crippen LogP contribution in [0, 0.1) is 5.92 Å². The average molecular weight is 553 g/mol. The smallest absolute Gasteiger partial charge is 0.290 e. The molecule has 1 amide bonds. The number of rotatable bonds is 13. The first kappa shape index (κ1) is 29.3. The first-order chi connectivity index (χ1) is 19.4. The number of carbonyl (C=O) groups is 2. The zero-order valence-electron chi connectivity index (χ0n) is 22.7. The Morgan fingerprint density at radius 1 is 1.02 bits per heavy atom. The molecule has 4 rings (SSSR count). The van der Waals surface area contributed by atoms with Gasteiger partial charge in [0, 0.05) is 43.6 Å². The normalized spacial score (nSPS) is 18.8. The maximum Gasteiger partial charge on any atom is 0.290 e. The molecule has 1 aromatic heterocycles. The van der Waals surface area contributed by atoms with Crippen LogP contribution in [0.5, 0.6) is 5.75 Å². The molecule has 2 aromatic carbocycles. The average Bonchev–Trinajstić information content (AvgIpc) is 3.34. The Balaban J connectivity index is 1.68. The van der Waals surface area contributed by atoms with E-state index in [1.54, 1.807) is 28.8 Å². The summed E-state index contributed by atoms with van der Waals surface area (Å²) < 4.78 is 24.8. The van der Waals surface area contributed by atoms with E-state index in [-0.39, 0.29) is 48.2 Å². The number of aliphatic hydroxyl groups excluding tert-OH is 1. The first-order valence-corrected chi connectivity index (χ1v) is 13.4. The van der Waals surface area contributed by atoms with Gasteiger partial charge in [0.15, 0.2) is 5.76 Å². The molecule has 0 radical (unpaired) electrons. The standard InChI is InChI=1S/C30H36N2O8/c1-3-39-30-22(12-14-37-16-17-38-15-13-33)23(24-19-32(20(2)34)26-10-6-4-8-21(24)26)18-28(40-30)29(36)31-25-9-5-7-11-27(25)35/h4-11,18-19,22-23,30,33,35H,3,12-17H2,1-2H3,(H,31,36)/t22-,23+,30-/m1/s1. The third-order valence-electron chi connectivity index (χ3n) is 6.74. The van der Waals surface area contributed by atoms with Crippen molar-refractivity contribution in [3.63, 3.8) is 0 Å². The van der Waals surface area contributed by atoms with Gasteiger partial charge in [-0.15, -0.1) is 0 Å². The minimum atomic E-state index is -0.765. The molecular weight excluding hydrogens is 516 g/mol. The van der Waals surface area contributed by atoms with Gasteiger partial charge < -0.3 is 34.5 Å². The zero-order chi connectivity index (χ0) is 28.5. The van der Waals surface area contributed by atoms with Crippen molar-refractivity contribution in [1.82, 2.24) is 4.57 Å². The number of phenols is 1. The lowest BCUT2D eigenvalue weighted by molar-refractivity contribution is -0.166. The number of anilines is 1. The molecule has 0 saturated heterocycles. The van der Waals surface area contributed by atoms with Crippen molar-refractivity contribution in [2.24, 2.45) is 5.92 Å². The Kier molecular flexibility index (Phi) is 10.3. The highest BCUT2D eigenvalue weighted by Crippen LogP contribution is 2.42. The Morgan fingerprint density at radius 2 is 1.75 bits per heavy atom. The van der Waals surface area contributed by atoms with Crippen LogP contribution in [0.4, 0.5) is 5.69 Å². The monoisotopic (exact) mass is 552 g/mol. The Hall–Kier alpha value is -3.70. The molecule has 10 nitrogen and oxygen atoms in total. The molecule has 0 spiro atoms. The molecule has 10 heteroatoms. The highest BCUT2D eigenvalue weighted by Gasteiger charge is 2.39. The molecule has 0 unspecified atom stereocenters. The van der Waals surface area contributed by atoms with E-state index >= 15 is 0 Å². The van der Waals surface area contributed by atoms with Gasteiger partial charge in [-0.3, -0.25) is 14.2 Å². The zero-order valence-corrected chi connectivity index (χ0v) is 22.7. The number of para-hydroxylation sites is 3. The van der Waals surface area contributed by atoms with Crippen LogP contribution in [0.25, 0.3) is 10.9 Å². The number of phenolic OH excluding ortho intramolecular Hbond substituents is 1. The summed E-state index contributed by atoms with van der Waals surface area (Å²) in [6.07, 6.45) is 3.35. The van der Waals surface area contributed by atoms with Crippen molar-refractivity contribution in [3.8, 4) is 5.75 Å². The van der Waals surface area contributed by atoms with Crippen LogP contribution < -0.4 is 5.32 Å². The minimum Gasteiger partial charge on any atom is -0.506 e. The lowest BCUT2D eigenvalue weighted by Crippen LogP contribution is -2.38. The predicted octanol–water partition coefficient (Wildman–Crippen LogP) is 4.04. The molecule has 1 aliphatic rings. The minimum absolute atomic E-state index is 0.0445. The number of allylic oxidation sites excluding steroid dienone is 1. The fourth-order valence-electron chi connectivity index (χ4n) is 4.90. The fourth-order valence-corrected chi connectivity index (χ4v) is 4.90. The van der Waals surface area contributed by atoms with Gasteiger partial charge in [0.1, 0.15) is 5.75 Å². The van der Waals surface area contributed by atoms with Gasteiger partial charge >= 0.3 is 0 Å². The van der Waals surface area contributed by atoms with Gasteiger partial charge in [0.25, 0.3) is 5.91 Å². The van der Waals surface area contributed by atoms with E-state index in [4.69, 9.17) is 24.1 Å². The van der Waals surface area contributed by atoms with Gasteiger partial charge in [-0.05, 0) is 43.2 Å². The van der Waals surface area contributed by atoms with Gasteiger partial charge in [-0.25, -0.2) is 0 Å². The number of nitrogens with zero attached hydrogens (tertiary/aromatic N) is 1. The number of carbonyl (C=O) groups excluding carboxylic acids is 2.